The van der Waals surface area contributed by atoms with Gasteiger partial charge in [-0.1, -0.05) is 24.3 Å². The molecule has 1 fully saturated rings. The van der Waals surface area contributed by atoms with Gasteiger partial charge >= 0.3 is 0 Å². The summed E-state index contributed by atoms with van der Waals surface area (Å²) in [6.45, 7) is 0. The maximum Gasteiger partial charge on any atom is 0.244 e. The van der Waals surface area contributed by atoms with E-state index >= 15 is 0 Å². The second kappa shape index (κ2) is 14.7. The van der Waals surface area contributed by atoms with E-state index in [0.29, 0.717) is 17.1 Å². The Balaban J connectivity index is 1.77. The molecule has 1 heterocycles. The van der Waals surface area contributed by atoms with Crippen LogP contribution in [-0.4, -0.2) is 81.0 Å². The van der Waals surface area contributed by atoms with Crippen LogP contribution in [0, 0.1) is 0 Å². The number of phenolic OH excluding ortho intramolecular Hbond substituents is 2. The number of phenols is 2. The summed E-state index contributed by atoms with van der Waals surface area (Å²) in [4.78, 5) is 51.4. The number of rotatable bonds is 7. The van der Waals surface area contributed by atoms with Gasteiger partial charge < -0.3 is 37.6 Å². The van der Waals surface area contributed by atoms with Crippen molar-refractivity contribution in [2.45, 2.75) is 37.0 Å². The second-order valence-corrected chi connectivity index (χ2v) is 11.4. The van der Waals surface area contributed by atoms with Crippen molar-refractivity contribution in [2.75, 3.05) is 23.0 Å². The van der Waals surface area contributed by atoms with Crippen LogP contribution >= 0.6 is 23.5 Å². The first-order chi connectivity index (χ1) is 18.6. The smallest absolute Gasteiger partial charge is 0.244 e. The van der Waals surface area contributed by atoms with Crippen LogP contribution in [0.3, 0.4) is 0 Å². The normalized spacial score (nSPS) is 21.7. The molecule has 0 unspecified atom stereocenters. The molecule has 39 heavy (non-hydrogen) atoms. The summed E-state index contributed by atoms with van der Waals surface area (Å²) in [5.74, 6) is -0.417. The molecule has 2 aromatic rings. The number of carbonyl (C=O) groups excluding carboxylic acids is 4. The predicted octanol–water partition coefficient (Wildman–Crippen LogP) is -0.370. The van der Waals surface area contributed by atoms with Crippen molar-refractivity contribution in [1.29, 1.82) is 0 Å². The zero-order valence-corrected chi connectivity index (χ0v) is 22.8. The maximum atomic E-state index is 13.4. The Labute approximate surface area is 234 Å². The van der Waals surface area contributed by atoms with E-state index in [1.54, 1.807) is 24.3 Å². The summed E-state index contributed by atoms with van der Waals surface area (Å²) in [7, 11) is 0. The molecule has 0 aliphatic carbocycles. The van der Waals surface area contributed by atoms with E-state index in [9.17, 15) is 29.4 Å². The van der Waals surface area contributed by atoms with Gasteiger partial charge in [-0.05, 0) is 41.8 Å². The molecule has 13 heteroatoms. The lowest BCUT2D eigenvalue weighted by Crippen LogP contribution is -2.59. The van der Waals surface area contributed by atoms with Crippen LogP contribution in [-0.2, 0) is 32.0 Å². The summed E-state index contributed by atoms with van der Waals surface area (Å²) < 4.78 is 0. The molecule has 0 saturated carbocycles. The van der Waals surface area contributed by atoms with Crippen molar-refractivity contribution >= 4 is 47.2 Å². The van der Waals surface area contributed by atoms with E-state index in [1.165, 1.54) is 47.8 Å². The van der Waals surface area contributed by atoms with Gasteiger partial charge in [0.1, 0.15) is 29.6 Å². The quantitative estimate of drug-likeness (QED) is 0.230. The highest BCUT2D eigenvalue weighted by Crippen LogP contribution is 2.15. The standard InChI is InChI=1S/C26H33N5O6S2/c27-19(11-15-1-5-17(32)6-2-15)24(35)31-22-14-39-10-9-38-13-21(23(28)34)30-25(36)20(29-26(22)37)12-16-3-7-18(33)8-4-16/h1-8,19-22,32-33H,9-14,27H2,(H2,28,34)(H,29,37)(H,30,36)(H,31,35)/t19-,20-,21+,22+/m0/s1. The number of amides is 4. The van der Waals surface area contributed by atoms with Gasteiger partial charge in [-0.3, -0.25) is 19.2 Å². The summed E-state index contributed by atoms with van der Waals surface area (Å²) in [5.41, 5.74) is 13.0. The van der Waals surface area contributed by atoms with Crippen molar-refractivity contribution < 1.29 is 29.4 Å². The number of aromatic hydroxyl groups is 2. The molecule has 0 bridgehead atoms. The fourth-order valence-electron chi connectivity index (χ4n) is 3.78. The minimum atomic E-state index is -1.08. The molecule has 0 aromatic heterocycles. The number of benzene rings is 2. The molecule has 1 aliphatic rings. The highest BCUT2D eigenvalue weighted by atomic mass is 32.2. The Hall–Kier alpha value is -3.42. The van der Waals surface area contributed by atoms with Crippen molar-refractivity contribution in [2.24, 2.45) is 11.5 Å². The van der Waals surface area contributed by atoms with E-state index in [0.717, 1.165) is 5.56 Å². The topological polar surface area (TPSA) is 197 Å². The van der Waals surface area contributed by atoms with Gasteiger partial charge in [0, 0.05) is 29.4 Å². The Kier molecular flexibility index (Phi) is 11.3. The monoisotopic (exact) mass is 575 g/mol. The number of primary amides is 1. The Morgan fingerprint density at radius 2 is 1.46 bits per heavy atom. The molecule has 0 spiro atoms. The summed E-state index contributed by atoms with van der Waals surface area (Å²) in [5, 5.41) is 27.1. The number of thioether (sulfide) groups is 2. The predicted molar refractivity (Wildman–Crippen MR) is 151 cm³/mol. The first-order valence-electron chi connectivity index (χ1n) is 12.3. The third kappa shape index (κ3) is 9.68. The van der Waals surface area contributed by atoms with Gasteiger partial charge in [-0.2, -0.15) is 23.5 Å². The molecule has 1 saturated heterocycles. The molecular weight excluding hydrogens is 542 g/mol. The Morgan fingerprint density at radius 1 is 0.897 bits per heavy atom. The van der Waals surface area contributed by atoms with E-state index in [1.807, 2.05) is 0 Å². The number of hydrogen-bond donors (Lipinski definition) is 7. The minimum Gasteiger partial charge on any atom is -0.508 e. The molecule has 1 aliphatic heterocycles. The summed E-state index contributed by atoms with van der Waals surface area (Å²) in [6, 6.07) is 8.58. The average Bonchev–Trinajstić information content (AvgIpc) is 2.91. The zero-order chi connectivity index (χ0) is 28.4. The summed E-state index contributed by atoms with van der Waals surface area (Å²) in [6.07, 6.45) is 0.273. The highest BCUT2D eigenvalue weighted by molar-refractivity contribution is 8.03. The van der Waals surface area contributed by atoms with Crippen molar-refractivity contribution in [3.63, 3.8) is 0 Å². The van der Waals surface area contributed by atoms with Gasteiger partial charge in [0.05, 0.1) is 6.04 Å². The van der Waals surface area contributed by atoms with E-state index in [-0.39, 0.29) is 35.8 Å². The van der Waals surface area contributed by atoms with Gasteiger partial charge in [-0.25, -0.2) is 0 Å². The lowest BCUT2D eigenvalue weighted by atomic mass is 10.0. The first kappa shape index (κ1) is 30.1. The third-order valence-electron chi connectivity index (χ3n) is 5.97. The average molecular weight is 576 g/mol. The van der Waals surface area contributed by atoms with Crippen LogP contribution < -0.4 is 27.4 Å². The molecule has 3 rings (SSSR count). The SMILES string of the molecule is NC(=O)[C@H]1CSCCSC[C@@H](NC(=O)[C@@H](N)Cc2ccc(O)cc2)C(=O)N[C@@H](Cc2ccc(O)cc2)C(=O)N1. The van der Waals surface area contributed by atoms with Crippen LogP contribution in [0.4, 0.5) is 0 Å². The Morgan fingerprint density at radius 3 is 2.05 bits per heavy atom. The van der Waals surface area contributed by atoms with Crippen LogP contribution in [0.15, 0.2) is 48.5 Å². The Bertz CT molecular complexity index is 1150. The number of carbonyl (C=O) groups is 4. The lowest BCUT2D eigenvalue weighted by Gasteiger charge is -2.25. The maximum absolute atomic E-state index is 13.4. The molecule has 4 amide bonds. The van der Waals surface area contributed by atoms with Gasteiger partial charge in [0.25, 0.3) is 0 Å². The molecule has 9 N–H and O–H groups in total. The van der Waals surface area contributed by atoms with Crippen LogP contribution in [0.25, 0.3) is 0 Å². The zero-order valence-electron chi connectivity index (χ0n) is 21.2. The van der Waals surface area contributed by atoms with Gasteiger partial charge in [0.2, 0.25) is 23.6 Å². The molecule has 11 nitrogen and oxygen atoms in total. The minimum absolute atomic E-state index is 0.0523. The number of hydrogen-bond acceptors (Lipinski definition) is 9. The molecule has 2 aromatic carbocycles. The van der Waals surface area contributed by atoms with Crippen LogP contribution in [0.5, 0.6) is 11.5 Å². The number of nitrogens with two attached hydrogens (primary N) is 2. The van der Waals surface area contributed by atoms with E-state index in [4.69, 9.17) is 11.5 Å². The number of nitrogens with one attached hydrogen (secondary N) is 3. The molecule has 210 valence electrons. The highest BCUT2D eigenvalue weighted by Gasteiger charge is 2.30. The summed E-state index contributed by atoms with van der Waals surface area (Å²) >= 11 is 2.90. The van der Waals surface area contributed by atoms with E-state index < -0.39 is 47.8 Å². The first-order valence-corrected chi connectivity index (χ1v) is 14.6. The lowest BCUT2D eigenvalue weighted by molar-refractivity contribution is -0.133. The van der Waals surface area contributed by atoms with E-state index in [2.05, 4.69) is 16.0 Å². The fourth-order valence-corrected chi connectivity index (χ4v) is 6.01. The van der Waals surface area contributed by atoms with Crippen LogP contribution in [0.2, 0.25) is 0 Å². The van der Waals surface area contributed by atoms with Crippen molar-refractivity contribution in [3.8, 4) is 11.5 Å². The fraction of sp³-hybridized carbons (Fsp3) is 0.385. The van der Waals surface area contributed by atoms with Crippen LogP contribution in [0.1, 0.15) is 11.1 Å². The largest absolute Gasteiger partial charge is 0.508 e. The molecule has 0 radical (unpaired) electrons. The second-order valence-electron chi connectivity index (χ2n) is 9.08. The third-order valence-corrected chi connectivity index (χ3v) is 8.35. The van der Waals surface area contributed by atoms with Crippen molar-refractivity contribution in [1.82, 2.24) is 16.0 Å². The molecule has 4 atom stereocenters. The van der Waals surface area contributed by atoms with Gasteiger partial charge in [-0.15, -0.1) is 0 Å². The van der Waals surface area contributed by atoms with Crippen molar-refractivity contribution in [3.05, 3.63) is 59.7 Å². The van der Waals surface area contributed by atoms with Gasteiger partial charge in [0.15, 0.2) is 0 Å². The molecular formula is C26H33N5O6S2.